The zero-order valence-corrected chi connectivity index (χ0v) is 17.8. The molecule has 0 spiro atoms. The van der Waals surface area contributed by atoms with Crippen LogP contribution in [0.1, 0.15) is 41.7 Å². The van der Waals surface area contributed by atoms with Crippen molar-refractivity contribution in [3.05, 3.63) is 60.6 Å². The Bertz CT molecular complexity index is 1150. The van der Waals surface area contributed by atoms with Crippen molar-refractivity contribution in [3.63, 3.8) is 0 Å². The van der Waals surface area contributed by atoms with Crippen molar-refractivity contribution in [3.8, 4) is 11.3 Å². The van der Waals surface area contributed by atoms with Crippen LogP contribution in [0.25, 0.3) is 16.8 Å². The number of anilines is 1. The van der Waals surface area contributed by atoms with Crippen molar-refractivity contribution in [2.75, 3.05) is 11.9 Å². The second-order valence-corrected chi connectivity index (χ2v) is 8.45. The molecule has 2 atom stereocenters. The summed E-state index contributed by atoms with van der Waals surface area (Å²) in [4.78, 5) is 25.5. The van der Waals surface area contributed by atoms with E-state index in [0.29, 0.717) is 24.5 Å². The first-order chi connectivity index (χ1) is 15.6. The normalized spacial score (nSPS) is 20.3. The number of nitrogens with one attached hydrogen (secondary N) is 3. The monoisotopic (exact) mass is 430 g/mol. The fourth-order valence-corrected chi connectivity index (χ4v) is 4.83. The van der Waals surface area contributed by atoms with Crippen molar-refractivity contribution in [1.29, 1.82) is 0 Å². The molecule has 2 aromatic heterocycles. The number of carbonyl (C=O) groups excluding carboxylic acids is 2. The van der Waals surface area contributed by atoms with Crippen molar-refractivity contribution >= 4 is 23.1 Å². The van der Waals surface area contributed by atoms with E-state index >= 15 is 0 Å². The number of carbonyl (C=O) groups is 2. The lowest BCUT2D eigenvalue weighted by Crippen LogP contribution is -2.37. The highest BCUT2D eigenvalue weighted by atomic mass is 16.2. The molecule has 3 N–H and O–H groups in total. The predicted octanol–water partition coefficient (Wildman–Crippen LogP) is 3.47. The molecule has 0 radical (unpaired) electrons. The maximum Gasteiger partial charge on any atom is 0.271 e. The van der Waals surface area contributed by atoms with Crippen LogP contribution in [0, 0.1) is 11.8 Å². The van der Waals surface area contributed by atoms with Gasteiger partial charge in [0.25, 0.3) is 5.91 Å². The summed E-state index contributed by atoms with van der Waals surface area (Å²) in [6.07, 6.45) is 7.11. The van der Waals surface area contributed by atoms with Crippen LogP contribution in [0.3, 0.4) is 0 Å². The third kappa shape index (κ3) is 3.72. The Kier molecular flexibility index (Phi) is 5.34. The molecule has 3 heterocycles. The average molecular weight is 431 g/mol. The fourth-order valence-electron chi connectivity index (χ4n) is 4.83. The smallest absolute Gasteiger partial charge is 0.271 e. The quantitative estimate of drug-likeness (QED) is 0.576. The van der Waals surface area contributed by atoms with Gasteiger partial charge in [-0.25, -0.2) is 0 Å². The molecular formula is C24H26N6O2. The minimum atomic E-state index is -0.203. The minimum Gasteiger partial charge on any atom is -0.349 e. The van der Waals surface area contributed by atoms with Gasteiger partial charge in [0.1, 0.15) is 5.69 Å². The van der Waals surface area contributed by atoms with Crippen LogP contribution in [0.2, 0.25) is 0 Å². The van der Waals surface area contributed by atoms with Crippen molar-refractivity contribution in [1.82, 2.24) is 25.3 Å². The van der Waals surface area contributed by atoms with Gasteiger partial charge < -0.3 is 10.6 Å². The summed E-state index contributed by atoms with van der Waals surface area (Å²) in [7, 11) is 0. The summed E-state index contributed by atoms with van der Waals surface area (Å²) in [5, 5.41) is 17.0. The van der Waals surface area contributed by atoms with Crippen molar-refractivity contribution in [2.45, 2.75) is 32.2 Å². The number of benzene rings is 1. The summed E-state index contributed by atoms with van der Waals surface area (Å²) in [5.41, 5.74) is 4.94. The highest BCUT2D eigenvalue weighted by Crippen LogP contribution is 2.39. The van der Waals surface area contributed by atoms with E-state index in [1.807, 2.05) is 18.2 Å². The molecule has 0 bridgehead atoms. The zero-order valence-electron chi connectivity index (χ0n) is 17.8. The molecule has 1 aliphatic heterocycles. The molecule has 1 fully saturated rings. The lowest BCUT2D eigenvalue weighted by molar-refractivity contribution is -0.121. The largest absolute Gasteiger partial charge is 0.349 e. The fraction of sp³-hybridized carbons (Fsp3) is 0.333. The van der Waals surface area contributed by atoms with E-state index < -0.39 is 0 Å². The number of rotatable bonds is 5. The number of hydrogen-bond acceptors (Lipinski definition) is 4. The van der Waals surface area contributed by atoms with Gasteiger partial charge in [-0.1, -0.05) is 43.7 Å². The second-order valence-electron chi connectivity index (χ2n) is 8.45. The van der Waals surface area contributed by atoms with Gasteiger partial charge in [0, 0.05) is 18.7 Å². The number of allylic oxidation sites excluding steroid dienone is 1. The Labute approximate surface area is 186 Å². The number of aromatic amines is 1. The molecule has 3 aromatic rings. The lowest BCUT2D eigenvalue weighted by Gasteiger charge is -2.32. The van der Waals surface area contributed by atoms with Crippen LogP contribution in [-0.4, -0.2) is 38.3 Å². The van der Waals surface area contributed by atoms with Crippen LogP contribution in [0.5, 0.6) is 0 Å². The third-order valence-corrected chi connectivity index (χ3v) is 6.54. The maximum absolute atomic E-state index is 13.3. The number of H-pyrrole nitrogens is 1. The summed E-state index contributed by atoms with van der Waals surface area (Å²) < 4.78 is 1.65. The molecule has 8 heteroatoms. The first-order valence-electron chi connectivity index (χ1n) is 11.1. The number of nitrogens with zero attached hydrogens (tertiary/aromatic N) is 3. The lowest BCUT2D eigenvalue weighted by atomic mass is 9.73. The first-order valence-corrected chi connectivity index (χ1v) is 11.1. The number of hydrogen-bond donors (Lipinski definition) is 3. The van der Waals surface area contributed by atoms with E-state index in [9.17, 15) is 9.59 Å². The van der Waals surface area contributed by atoms with E-state index in [0.717, 1.165) is 48.1 Å². The topological polar surface area (TPSA) is 105 Å². The molecule has 2 amide bonds. The highest BCUT2D eigenvalue weighted by molar-refractivity contribution is 6.03. The molecule has 32 heavy (non-hydrogen) atoms. The van der Waals surface area contributed by atoms with Gasteiger partial charge in [0.15, 0.2) is 0 Å². The molecule has 0 unspecified atom stereocenters. The van der Waals surface area contributed by atoms with Gasteiger partial charge >= 0.3 is 0 Å². The van der Waals surface area contributed by atoms with E-state index in [2.05, 4.69) is 44.6 Å². The molecule has 1 saturated carbocycles. The van der Waals surface area contributed by atoms with E-state index in [1.165, 1.54) is 0 Å². The van der Waals surface area contributed by atoms with Crippen molar-refractivity contribution in [2.24, 2.45) is 11.8 Å². The summed E-state index contributed by atoms with van der Waals surface area (Å²) in [5.74, 6) is -0.405. The SMILES string of the molecule is C=C(c1ccc(-c2ccn[nH]2)cc1)[C@@H]1CCCC[C@H]1C(=O)Nc1cnn2c1C(=O)NCC2. The van der Waals surface area contributed by atoms with Gasteiger partial charge in [0.2, 0.25) is 5.91 Å². The third-order valence-electron chi connectivity index (χ3n) is 6.54. The second kappa shape index (κ2) is 8.45. The van der Waals surface area contributed by atoms with E-state index in [4.69, 9.17) is 0 Å². The standard InChI is InChI=1S/C24H26N6O2/c1-15(16-6-8-17(9-7-16)20-10-11-26-29-20)18-4-2-3-5-19(18)23(31)28-21-14-27-30-13-12-25-24(32)22(21)30/h6-11,14,18-19H,1-5,12-13H2,(H,25,32)(H,26,29)(H,28,31)/t18-,19+/m0/s1. The van der Waals surface area contributed by atoms with E-state index in [-0.39, 0.29) is 23.7 Å². The predicted molar refractivity (Wildman–Crippen MR) is 122 cm³/mol. The minimum absolute atomic E-state index is 0.0574. The number of fused-ring (bicyclic) bond motifs is 1. The van der Waals surface area contributed by atoms with Gasteiger partial charge in [-0.15, -0.1) is 0 Å². The summed E-state index contributed by atoms with van der Waals surface area (Å²) in [6, 6.07) is 10.1. The van der Waals surface area contributed by atoms with Crippen LogP contribution >= 0.6 is 0 Å². The Morgan fingerprint density at radius 3 is 2.66 bits per heavy atom. The molecule has 1 aliphatic carbocycles. The molecule has 2 aliphatic rings. The Hall–Kier alpha value is -3.68. The van der Waals surface area contributed by atoms with Gasteiger partial charge in [-0.3, -0.25) is 19.4 Å². The van der Waals surface area contributed by atoms with Crippen LogP contribution in [-0.2, 0) is 11.3 Å². The van der Waals surface area contributed by atoms with Gasteiger partial charge in [-0.05, 0) is 41.5 Å². The highest BCUT2D eigenvalue weighted by Gasteiger charge is 2.34. The maximum atomic E-state index is 13.3. The first kappa shape index (κ1) is 20.2. The molecule has 5 rings (SSSR count). The van der Waals surface area contributed by atoms with Crippen molar-refractivity contribution < 1.29 is 9.59 Å². The Balaban J connectivity index is 1.34. The van der Waals surface area contributed by atoms with Crippen LogP contribution in [0.4, 0.5) is 5.69 Å². The average Bonchev–Trinajstić information content (AvgIpc) is 3.50. The van der Waals surface area contributed by atoms with Gasteiger partial charge in [-0.2, -0.15) is 10.2 Å². The molecule has 8 nitrogen and oxygen atoms in total. The Morgan fingerprint density at radius 2 is 1.91 bits per heavy atom. The molecule has 1 aromatic carbocycles. The number of aromatic nitrogens is 4. The molecular weight excluding hydrogens is 404 g/mol. The molecule has 0 saturated heterocycles. The number of amides is 2. The van der Waals surface area contributed by atoms with Crippen LogP contribution in [0.15, 0.2) is 49.3 Å². The zero-order chi connectivity index (χ0) is 22.1. The summed E-state index contributed by atoms with van der Waals surface area (Å²) in [6.45, 7) is 5.52. The Morgan fingerprint density at radius 1 is 1.12 bits per heavy atom. The van der Waals surface area contributed by atoms with Crippen LogP contribution < -0.4 is 10.6 Å². The van der Waals surface area contributed by atoms with Gasteiger partial charge in [0.05, 0.1) is 24.1 Å². The van der Waals surface area contributed by atoms with E-state index in [1.54, 1.807) is 17.1 Å². The summed E-state index contributed by atoms with van der Waals surface area (Å²) >= 11 is 0. The molecule has 164 valence electrons.